The zero-order chi connectivity index (χ0) is 14.8. The Hall–Kier alpha value is -1.99. The average molecular weight is 323 g/mol. The molecule has 2 N–H and O–H groups in total. The van der Waals surface area contributed by atoms with Crippen molar-refractivity contribution in [3.63, 3.8) is 0 Å². The molecule has 1 aliphatic rings. The van der Waals surface area contributed by atoms with Crippen molar-refractivity contribution in [2.45, 2.75) is 19.4 Å². The highest BCUT2D eigenvalue weighted by Crippen LogP contribution is 2.24. The lowest BCUT2D eigenvalue weighted by molar-refractivity contribution is 0.0743. The van der Waals surface area contributed by atoms with E-state index in [0.717, 1.165) is 18.7 Å². The van der Waals surface area contributed by atoms with E-state index in [-0.39, 0.29) is 24.4 Å². The molecule has 3 rings (SSSR count). The molecule has 7 nitrogen and oxygen atoms in total. The lowest BCUT2D eigenvalue weighted by atomic mass is 10.1. The number of amides is 1. The topological polar surface area (TPSA) is 89.9 Å². The maximum atomic E-state index is 12.6. The van der Waals surface area contributed by atoms with Crippen molar-refractivity contribution in [2.75, 3.05) is 13.1 Å². The van der Waals surface area contributed by atoms with Gasteiger partial charge < -0.3 is 10.6 Å². The highest BCUT2D eigenvalue weighted by Gasteiger charge is 2.31. The Kier molecular flexibility index (Phi) is 5.10. The second-order valence-electron chi connectivity index (χ2n) is 5.45. The molecule has 0 bridgehead atoms. The predicted molar refractivity (Wildman–Crippen MR) is 84.1 cm³/mol. The average Bonchev–Trinajstić information content (AvgIpc) is 3.16. The molecule has 2 heterocycles. The number of carbonyl (C=O) groups is 1. The zero-order valence-electron chi connectivity index (χ0n) is 12.3. The Morgan fingerprint density at radius 3 is 2.64 bits per heavy atom. The van der Waals surface area contributed by atoms with Crippen LogP contribution in [0.1, 0.15) is 23.7 Å². The first-order valence-corrected chi connectivity index (χ1v) is 7.03. The van der Waals surface area contributed by atoms with Crippen LogP contribution in [0.4, 0.5) is 0 Å². The fourth-order valence-corrected chi connectivity index (χ4v) is 2.80. The van der Waals surface area contributed by atoms with Crippen LogP contribution in [0.2, 0.25) is 0 Å². The van der Waals surface area contributed by atoms with E-state index in [1.807, 2.05) is 29.2 Å². The number of carbonyl (C=O) groups excluding carboxylic acids is 1. The van der Waals surface area contributed by atoms with E-state index in [0.29, 0.717) is 18.0 Å². The van der Waals surface area contributed by atoms with Crippen LogP contribution in [-0.4, -0.2) is 50.1 Å². The molecule has 0 radical (unpaired) electrons. The van der Waals surface area contributed by atoms with Crippen LogP contribution in [0.25, 0.3) is 5.69 Å². The maximum absolute atomic E-state index is 12.6. The van der Waals surface area contributed by atoms with E-state index in [2.05, 4.69) is 22.4 Å². The number of likely N-dealkylation sites (tertiary alicyclic amines) is 1. The second-order valence-corrected chi connectivity index (χ2v) is 5.45. The lowest BCUT2D eigenvalue weighted by Gasteiger charge is -2.21. The Bertz CT molecular complexity index is 615. The van der Waals surface area contributed by atoms with Crippen molar-refractivity contribution < 1.29 is 4.79 Å². The number of benzene rings is 1. The molecule has 0 aliphatic carbocycles. The molecule has 22 heavy (non-hydrogen) atoms. The van der Waals surface area contributed by atoms with Crippen LogP contribution in [0.3, 0.4) is 0 Å². The quantitative estimate of drug-likeness (QED) is 0.906. The number of halogens is 1. The van der Waals surface area contributed by atoms with Gasteiger partial charge in [0.2, 0.25) is 0 Å². The normalized spacial score (nSPS) is 20.7. The first-order valence-electron chi connectivity index (χ1n) is 7.03. The first kappa shape index (κ1) is 16.4. The van der Waals surface area contributed by atoms with Crippen molar-refractivity contribution >= 4 is 18.3 Å². The summed E-state index contributed by atoms with van der Waals surface area (Å²) in [7, 11) is 0. The smallest absolute Gasteiger partial charge is 0.254 e. The highest BCUT2D eigenvalue weighted by atomic mass is 35.5. The van der Waals surface area contributed by atoms with Crippen LogP contribution < -0.4 is 5.73 Å². The van der Waals surface area contributed by atoms with Crippen molar-refractivity contribution in [3.05, 3.63) is 36.2 Å². The van der Waals surface area contributed by atoms with Gasteiger partial charge in [-0.25, -0.2) is 4.68 Å². The number of nitrogens with two attached hydrogens (primary N) is 1. The molecule has 1 aromatic carbocycles. The molecule has 1 saturated heterocycles. The van der Waals surface area contributed by atoms with Gasteiger partial charge >= 0.3 is 0 Å². The molecule has 1 aromatic heterocycles. The molecular formula is C14H19ClN6O. The van der Waals surface area contributed by atoms with Crippen molar-refractivity contribution in [1.29, 1.82) is 0 Å². The number of hydrogen-bond donors (Lipinski definition) is 1. The maximum Gasteiger partial charge on any atom is 0.254 e. The summed E-state index contributed by atoms with van der Waals surface area (Å²) in [5.41, 5.74) is 7.21. The molecule has 2 aromatic rings. The molecule has 1 aliphatic heterocycles. The van der Waals surface area contributed by atoms with Gasteiger partial charge in [-0.3, -0.25) is 4.79 Å². The third kappa shape index (κ3) is 3.10. The van der Waals surface area contributed by atoms with Gasteiger partial charge in [0.15, 0.2) is 0 Å². The van der Waals surface area contributed by atoms with Gasteiger partial charge in [-0.1, -0.05) is 0 Å². The monoisotopic (exact) mass is 322 g/mol. The van der Waals surface area contributed by atoms with Gasteiger partial charge in [-0.15, -0.1) is 17.5 Å². The minimum Gasteiger partial charge on any atom is -0.336 e. The minimum atomic E-state index is 0. The number of aromatic nitrogens is 4. The van der Waals surface area contributed by atoms with Gasteiger partial charge in [0.05, 0.1) is 5.69 Å². The summed E-state index contributed by atoms with van der Waals surface area (Å²) in [4.78, 5) is 14.5. The molecule has 8 heteroatoms. The van der Waals surface area contributed by atoms with E-state index < -0.39 is 0 Å². The van der Waals surface area contributed by atoms with Gasteiger partial charge in [0.1, 0.15) is 6.33 Å². The molecule has 2 atom stereocenters. The van der Waals surface area contributed by atoms with Crippen LogP contribution >= 0.6 is 12.4 Å². The van der Waals surface area contributed by atoms with Gasteiger partial charge in [0, 0.05) is 18.2 Å². The standard InChI is InChI=1S/C14H18N6O.ClH/c1-10-6-11(7-15)8-19(10)14(21)12-2-4-13(5-3-12)20-9-16-17-18-20;/h2-5,9-11H,6-8,15H2,1H3;1H. The Morgan fingerprint density at radius 2 is 2.09 bits per heavy atom. The number of tetrazole rings is 1. The third-order valence-electron chi connectivity index (χ3n) is 3.98. The van der Waals surface area contributed by atoms with E-state index in [4.69, 9.17) is 5.73 Å². The van der Waals surface area contributed by atoms with Crippen LogP contribution in [0.15, 0.2) is 30.6 Å². The lowest BCUT2D eigenvalue weighted by Crippen LogP contribution is -2.34. The van der Waals surface area contributed by atoms with Crippen LogP contribution in [0, 0.1) is 5.92 Å². The summed E-state index contributed by atoms with van der Waals surface area (Å²) >= 11 is 0. The summed E-state index contributed by atoms with van der Waals surface area (Å²) < 4.78 is 1.55. The molecular weight excluding hydrogens is 304 g/mol. The molecule has 118 valence electrons. The Labute approximate surface area is 134 Å². The molecule has 0 saturated carbocycles. The van der Waals surface area contributed by atoms with Crippen LogP contribution in [-0.2, 0) is 0 Å². The summed E-state index contributed by atoms with van der Waals surface area (Å²) in [6, 6.07) is 7.53. The third-order valence-corrected chi connectivity index (χ3v) is 3.98. The summed E-state index contributed by atoms with van der Waals surface area (Å²) in [5, 5.41) is 11.0. The number of nitrogens with zero attached hydrogens (tertiary/aromatic N) is 5. The Balaban J connectivity index is 0.00000176. The Morgan fingerprint density at radius 1 is 1.36 bits per heavy atom. The van der Waals surface area contributed by atoms with Gasteiger partial charge in [-0.2, -0.15) is 0 Å². The van der Waals surface area contributed by atoms with E-state index >= 15 is 0 Å². The molecule has 0 spiro atoms. The molecule has 1 fully saturated rings. The van der Waals surface area contributed by atoms with Crippen LogP contribution in [0.5, 0.6) is 0 Å². The predicted octanol–water partition coefficient (Wildman–Crippen LogP) is 0.893. The van der Waals surface area contributed by atoms with Gasteiger partial charge in [0.25, 0.3) is 5.91 Å². The van der Waals surface area contributed by atoms with Crippen molar-refractivity contribution in [2.24, 2.45) is 11.7 Å². The van der Waals surface area contributed by atoms with E-state index in [1.165, 1.54) is 6.33 Å². The van der Waals surface area contributed by atoms with Crippen molar-refractivity contribution in [3.8, 4) is 5.69 Å². The largest absolute Gasteiger partial charge is 0.336 e. The SMILES string of the molecule is CC1CC(CN)CN1C(=O)c1ccc(-n2cnnn2)cc1.Cl. The number of rotatable bonds is 3. The fraction of sp³-hybridized carbons (Fsp3) is 0.429. The highest BCUT2D eigenvalue weighted by molar-refractivity contribution is 5.94. The van der Waals surface area contributed by atoms with Gasteiger partial charge in [-0.05, 0) is 60.5 Å². The summed E-state index contributed by atoms with van der Waals surface area (Å²) in [6.07, 6.45) is 2.50. The molecule has 2 unspecified atom stereocenters. The molecule has 1 amide bonds. The summed E-state index contributed by atoms with van der Waals surface area (Å²) in [6.45, 7) is 3.45. The van der Waals surface area contributed by atoms with E-state index in [1.54, 1.807) is 4.68 Å². The second kappa shape index (κ2) is 6.85. The van der Waals surface area contributed by atoms with E-state index in [9.17, 15) is 4.79 Å². The van der Waals surface area contributed by atoms with Crippen molar-refractivity contribution in [1.82, 2.24) is 25.1 Å². The summed E-state index contributed by atoms with van der Waals surface area (Å²) in [5.74, 6) is 0.464. The zero-order valence-corrected chi connectivity index (χ0v) is 13.1. The number of hydrogen-bond acceptors (Lipinski definition) is 5. The fourth-order valence-electron chi connectivity index (χ4n) is 2.80. The minimum absolute atomic E-state index is 0. The first-order chi connectivity index (χ1) is 10.2.